The Morgan fingerprint density at radius 3 is 2.81 bits per heavy atom. The highest BCUT2D eigenvalue weighted by atomic mass is 35.5. The van der Waals surface area contributed by atoms with Gasteiger partial charge in [-0.1, -0.05) is 29.8 Å². The maximum atomic E-state index is 11.6. The summed E-state index contributed by atoms with van der Waals surface area (Å²) in [5.41, 5.74) is 2.10. The van der Waals surface area contributed by atoms with Crippen LogP contribution < -0.4 is 5.56 Å². The van der Waals surface area contributed by atoms with Crippen LogP contribution in [0.4, 0.5) is 0 Å². The van der Waals surface area contributed by atoms with Gasteiger partial charge in [-0.15, -0.1) is 0 Å². The molecule has 0 saturated carbocycles. The van der Waals surface area contributed by atoms with Crippen LogP contribution in [0, 0.1) is 6.92 Å². The lowest BCUT2D eigenvalue weighted by Gasteiger charge is -2.06. The highest BCUT2D eigenvalue weighted by Gasteiger charge is 1.98. The Bertz CT molecular complexity index is 560. The smallest absolute Gasteiger partial charge is 0.250 e. The summed E-state index contributed by atoms with van der Waals surface area (Å²) in [5, 5.41) is 0.693. The number of pyridine rings is 1. The molecule has 16 heavy (non-hydrogen) atoms. The molecule has 1 aromatic carbocycles. The molecule has 2 aromatic rings. The summed E-state index contributed by atoms with van der Waals surface area (Å²) in [5.74, 6) is 0. The molecule has 0 atom stereocenters. The topological polar surface area (TPSA) is 22.0 Å². The molecule has 0 aliphatic carbocycles. The number of halogens is 1. The van der Waals surface area contributed by atoms with Gasteiger partial charge in [0, 0.05) is 17.3 Å². The summed E-state index contributed by atoms with van der Waals surface area (Å²) in [4.78, 5) is 11.6. The predicted octanol–water partition coefficient (Wildman–Crippen LogP) is 2.86. The maximum Gasteiger partial charge on any atom is 0.250 e. The Labute approximate surface area is 99.1 Å². The third-order valence-corrected chi connectivity index (χ3v) is 2.61. The van der Waals surface area contributed by atoms with E-state index >= 15 is 0 Å². The predicted molar refractivity (Wildman–Crippen MR) is 66.0 cm³/mol. The van der Waals surface area contributed by atoms with Gasteiger partial charge in [-0.05, 0) is 30.2 Å². The third kappa shape index (κ3) is 2.52. The van der Waals surface area contributed by atoms with Crippen molar-refractivity contribution in [3.05, 3.63) is 69.1 Å². The van der Waals surface area contributed by atoms with E-state index in [4.69, 9.17) is 11.6 Å². The van der Waals surface area contributed by atoms with E-state index in [0.29, 0.717) is 11.6 Å². The van der Waals surface area contributed by atoms with Gasteiger partial charge in [-0.2, -0.15) is 0 Å². The largest absolute Gasteiger partial charge is 0.311 e. The molecule has 82 valence electrons. The first-order valence-corrected chi connectivity index (χ1v) is 5.44. The zero-order chi connectivity index (χ0) is 11.5. The van der Waals surface area contributed by atoms with E-state index in [0.717, 1.165) is 11.1 Å². The lowest BCUT2D eigenvalue weighted by molar-refractivity contribution is 0.754. The fraction of sp³-hybridized carbons (Fsp3) is 0.154. The third-order valence-electron chi connectivity index (χ3n) is 2.37. The minimum atomic E-state index is 0.00516. The minimum Gasteiger partial charge on any atom is -0.311 e. The fourth-order valence-corrected chi connectivity index (χ4v) is 1.82. The van der Waals surface area contributed by atoms with Crippen LogP contribution in [0.25, 0.3) is 0 Å². The molecule has 0 bridgehead atoms. The molecule has 0 radical (unpaired) electrons. The van der Waals surface area contributed by atoms with Gasteiger partial charge in [-0.25, -0.2) is 0 Å². The quantitative estimate of drug-likeness (QED) is 0.782. The van der Waals surface area contributed by atoms with Gasteiger partial charge in [0.1, 0.15) is 0 Å². The lowest BCUT2D eigenvalue weighted by Crippen LogP contribution is -2.19. The fourth-order valence-electron chi connectivity index (χ4n) is 1.61. The summed E-state index contributed by atoms with van der Waals surface area (Å²) >= 11 is 5.89. The van der Waals surface area contributed by atoms with Crippen molar-refractivity contribution in [3.63, 3.8) is 0 Å². The molecule has 3 heteroatoms. The number of benzene rings is 1. The number of aromatic nitrogens is 1. The van der Waals surface area contributed by atoms with Gasteiger partial charge in [0.05, 0.1) is 6.54 Å². The lowest BCUT2D eigenvalue weighted by atomic mass is 10.2. The highest BCUT2D eigenvalue weighted by Crippen LogP contribution is 2.11. The van der Waals surface area contributed by atoms with Crippen molar-refractivity contribution in [2.24, 2.45) is 0 Å². The van der Waals surface area contributed by atoms with Crippen LogP contribution in [0.2, 0.25) is 5.02 Å². The zero-order valence-corrected chi connectivity index (χ0v) is 9.74. The molecular weight excluding hydrogens is 222 g/mol. The van der Waals surface area contributed by atoms with Crippen molar-refractivity contribution in [1.82, 2.24) is 4.57 Å². The van der Waals surface area contributed by atoms with E-state index in [9.17, 15) is 4.79 Å². The number of aryl methyl sites for hydroxylation is 1. The van der Waals surface area contributed by atoms with E-state index in [-0.39, 0.29) is 5.56 Å². The van der Waals surface area contributed by atoms with E-state index in [2.05, 4.69) is 0 Å². The second kappa shape index (κ2) is 4.54. The van der Waals surface area contributed by atoms with E-state index in [1.54, 1.807) is 10.6 Å². The molecular formula is C13H12ClNO. The highest BCUT2D eigenvalue weighted by molar-refractivity contribution is 6.30. The molecule has 0 unspecified atom stereocenters. The van der Waals surface area contributed by atoms with Crippen molar-refractivity contribution in [3.8, 4) is 0 Å². The Kier molecular flexibility index (Phi) is 3.11. The monoisotopic (exact) mass is 233 g/mol. The molecule has 0 spiro atoms. The Balaban J connectivity index is 2.34. The first-order valence-electron chi connectivity index (χ1n) is 5.07. The number of nitrogens with zero attached hydrogens (tertiary/aromatic N) is 1. The summed E-state index contributed by atoms with van der Waals surface area (Å²) in [6.07, 6.45) is 1.85. The molecule has 0 aliphatic heterocycles. The summed E-state index contributed by atoms with van der Waals surface area (Å²) in [6, 6.07) is 10.9. The number of hydrogen-bond acceptors (Lipinski definition) is 1. The number of hydrogen-bond donors (Lipinski definition) is 0. The van der Waals surface area contributed by atoms with Crippen LogP contribution in [-0.2, 0) is 6.54 Å². The second-order valence-corrected chi connectivity index (χ2v) is 4.24. The molecule has 2 rings (SSSR count). The molecule has 1 aromatic heterocycles. The van der Waals surface area contributed by atoms with Gasteiger partial charge in [0.15, 0.2) is 0 Å². The summed E-state index contributed by atoms with van der Waals surface area (Å²) in [6.45, 7) is 2.52. The SMILES string of the molecule is Cc1ccc(=O)n(Cc2cccc(Cl)c2)c1. The molecule has 0 saturated heterocycles. The molecule has 0 amide bonds. The van der Waals surface area contributed by atoms with Gasteiger partial charge in [0.2, 0.25) is 0 Å². The zero-order valence-electron chi connectivity index (χ0n) is 8.98. The van der Waals surface area contributed by atoms with Crippen molar-refractivity contribution < 1.29 is 0 Å². The van der Waals surface area contributed by atoms with Gasteiger partial charge < -0.3 is 4.57 Å². The van der Waals surface area contributed by atoms with Crippen molar-refractivity contribution in [1.29, 1.82) is 0 Å². The molecule has 0 aliphatic rings. The minimum absolute atomic E-state index is 0.00516. The van der Waals surface area contributed by atoms with Crippen LogP contribution in [0.1, 0.15) is 11.1 Å². The summed E-state index contributed by atoms with van der Waals surface area (Å²) < 4.78 is 1.68. The van der Waals surface area contributed by atoms with Gasteiger partial charge >= 0.3 is 0 Å². The first kappa shape index (κ1) is 11.0. The molecule has 1 heterocycles. The number of rotatable bonds is 2. The van der Waals surface area contributed by atoms with Crippen molar-refractivity contribution in [2.45, 2.75) is 13.5 Å². The molecule has 0 N–H and O–H groups in total. The normalized spacial score (nSPS) is 10.4. The van der Waals surface area contributed by atoms with E-state index in [1.165, 1.54) is 0 Å². The maximum absolute atomic E-state index is 11.6. The van der Waals surface area contributed by atoms with Crippen LogP contribution in [-0.4, -0.2) is 4.57 Å². The Hall–Kier alpha value is -1.54. The van der Waals surface area contributed by atoms with Crippen molar-refractivity contribution >= 4 is 11.6 Å². The van der Waals surface area contributed by atoms with Crippen LogP contribution in [0.3, 0.4) is 0 Å². The Morgan fingerprint density at radius 2 is 2.06 bits per heavy atom. The van der Waals surface area contributed by atoms with Crippen LogP contribution in [0.15, 0.2) is 47.4 Å². The second-order valence-electron chi connectivity index (χ2n) is 3.80. The molecule has 0 fully saturated rings. The summed E-state index contributed by atoms with van der Waals surface area (Å²) in [7, 11) is 0. The van der Waals surface area contributed by atoms with Crippen molar-refractivity contribution in [2.75, 3.05) is 0 Å². The standard InChI is InChI=1S/C13H12ClNO/c1-10-5-6-13(16)15(8-10)9-11-3-2-4-12(14)7-11/h2-8H,9H2,1H3. The Morgan fingerprint density at radius 1 is 1.25 bits per heavy atom. The van der Waals surface area contributed by atoms with Gasteiger partial charge in [0.25, 0.3) is 5.56 Å². The first-order chi connectivity index (χ1) is 7.65. The molecule has 2 nitrogen and oxygen atoms in total. The van der Waals surface area contributed by atoms with E-state index in [1.807, 2.05) is 43.5 Å². The average molecular weight is 234 g/mol. The van der Waals surface area contributed by atoms with Crippen LogP contribution >= 0.6 is 11.6 Å². The van der Waals surface area contributed by atoms with E-state index < -0.39 is 0 Å². The van der Waals surface area contributed by atoms with Crippen LogP contribution in [0.5, 0.6) is 0 Å². The average Bonchev–Trinajstić information content (AvgIpc) is 2.24. The van der Waals surface area contributed by atoms with Gasteiger partial charge in [-0.3, -0.25) is 4.79 Å².